The molecule has 1 fully saturated rings. The summed E-state index contributed by atoms with van der Waals surface area (Å²) in [6.07, 6.45) is 2.71. The first-order chi connectivity index (χ1) is 16.6. The normalized spacial score (nSPS) is 19.1. The van der Waals surface area contributed by atoms with E-state index in [0.29, 0.717) is 30.1 Å². The molecule has 1 aliphatic rings. The number of imidazole rings is 1. The zero-order chi connectivity index (χ0) is 23.5. The van der Waals surface area contributed by atoms with Crippen LogP contribution in [0, 0.1) is 0 Å². The number of rotatable bonds is 7. The summed E-state index contributed by atoms with van der Waals surface area (Å²) in [6, 6.07) is 19.3. The Morgan fingerprint density at radius 2 is 1.76 bits per heavy atom. The Hall–Kier alpha value is -3.33. The third-order valence-corrected chi connectivity index (χ3v) is 5.99. The van der Waals surface area contributed by atoms with E-state index >= 15 is 0 Å². The van der Waals surface area contributed by atoms with Crippen LogP contribution in [0.5, 0.6) is 0 Å². The van der Waals surface area contributed by atoms with Crippen molar-refractivity contribution >= 4 is 17.0 Å². The van der Waals surface area contributed by atoms with Gasteiger partial charge >= 0.3 is 0 Å². The molecule has 8 heteroatoms. The molecule has 2 aromatic heterocycles. The molecule has 34 heavy (non-hydrogen) atoms. The van der Waals surface area contributed by atoms with Crippen molar-refractivity contribution in [2.75, 3.05) is 25.0 Å². The number of nitrogens with zero attached hydrogens (tertiary/aromatic N) is 5. The van der Waals surface area contributed by atoms with Gasteiger partial charge in [0.05, 0.1) is 19.0 Å². The average Bonchev–Trinajstić information content (AvgIpc) is 3.30. The molecule has 4 aromatic rings. The molecule has 8 nitrogen and oxygen atoms in total. The zero-order valence-electron chi connectivity index (χ0n) is 19.5. The molecule has 0 bridgehead atoms. The molecule has 0 unspecified atom stereocenters. The Bertz CT molecular complexity index is 1230. The van der Waals surface area contributed by atoms with Gasteiger partial charge in [-0.1, -0.05) is 54.6 Å². The van der Waals surface area contributed by atoms with Gasteiger partial charge in [0, 0.05) is 25.7 Å². The van der Waals surface area contributed by atoms with Gasteiger partial charge in [-0.15, -0.1) is 0 Å². The van der Waals surface area contributed by atoms with Crippen LogP contribution < -0.4 is 5.32 Å². The highest BCUT2D eigenvalue weighted by Crippen LogP contribution is 2.27. The third-order valence-electron chi connectivity index (χ3n) is 5.99. The van der Waals surface area contributed by atoms with E-state index in [1.807, 2.05) is 10.6 Å². The lowest BCUT2D eigenvalue weighted by Crippen LogP contribution is -2.46. The maximum Gasteiger partial charge on any atom is 0.167 e. The molecule has 0 amide bonds. The minimum Gasteiger partial charge on any atom is -0.394 e. The predicted octanol–water partition coefficient (Wildman–Crippen LogP) is 3.71. The van der Waals surface area contributed by atoms with E-state index in [-0.39, 0.29) is 25.0 Å². The van der Waals surface area contributed by atoms with E-state index in [9.17, 15) is 5.11 Å². The first-order valence-electron chi connectivity index (χ1n) is 11.7. The Kier molecular flexibility index (Phi) is 6.53. The molecule has 0 spiro atoms. The van der Waals surface area contributed by atoms with Gasteiger partial charge in [-0.3, -0.25) is 9.47 Å². The van der Waals surface area contributed by atoms with Gasteiger partial charge in [0.25, 0.3) is 0 Å². The second kappa shape index (κ2) is 9.89. The van der Waals surface area contributed by atoms with Gasteiger partial charge in [-0.05, 0) is 30.5 Å². The third kappa shape index (κ3) is 4.79. The van der Waals surface area contributed by atoms with Gasteiger partial charge in [0.1, 0.15) is 12.6 Å². The highest BCUT2D eigenvalue weighted by Gasteiger charge is 2.30. The summed E-state index contributed by atoms with van der Waals surface area (Å²) in [5.74, 6) is 0.712. The Morgan fingerprint density at radius 1 is 1.00 bits per heavy atom. The molecule has 2 atom stereocenters. The number of hydrogen-bond donors (Lipinski definition) is 2. The van der Waals surface area contributed by atoms with Crippen molar-refractivity contribution in [3.63, 3.8) is 0 Å². The number of hydrogen-bond acceptors (Lipinski definition) is 7. The van der Waals surface area contributed by atoms with Gasteiger partial charge in [-0.2, -0.15) is 0 Å². The summed E-state index contributed by atoms with van der Waals surface area (Å²) < 4.78 is 8.14. The van der Waals surface area contributed by atoms with Crippen molar-refractivity contribution < 1.29 is 9.84 Å². The van der Waals surface area contributed by atoms with Crippen molar-refractivity contribution in [2.24, 2.45) is 0 Å². The molecule has 5 rings (SSSR count). The summed E-state index contributed by atoms with van der Waals surface area (Å²) in [7, 11) is 0. The van der Waals surface area contributed by atoms with Crippen LogP contribution in [-0.4, -0.2) is 61.4 Å². The smallest absolute Gasteiger partial charge is 0.167 e. The Labute approximate surface area is 199 Å². The maximum atomic E-state index is 9.90. The number of fused-ring (bicyclic) bond motifs is 1. The molecular weight excluding hydrogens is 428 g/mol. The largest absolute Gasteiger partial charge is 0.394 e. The molecule has 1 aliphatic heterocycles. The van der Waals surface area contributed by atoms with E-state index in [1.165, 1.54) is 16.7 Å². The number of nitrogens with one attached hydrogen (secondary N) is 1. The van der Waals surface area contributed by atoms with Crippen LogP contribution in [0.15, 0.2) is 67.3 Å². The fraction of sp³-hybridized carbons (Fsp3) is 0.346. The summed E-state index contributed by atoms with van der Waals surface area (Å²) in [4.78, 5) is 15.7. The Morgan fingerprint density at radius 3 is 2.50 bits per heavy atom. The summed E-state index contributed by atoms with van der Waals surface area (Å²) in [6.45, 7) is 6.18. The van der Waals surface area contributed by atoms with Crippen molar-refractivity contribution in [3.05, 3.63) is 72.8 Å². The number of anilines is 1. The number of aliphatic hydroxyl groups is 1. The standard InChI is InChI=1S/C26H30N6O2/c1-18(2)30-25-24-26(28-16-27-25)32(17-29-24)23-14-31(13-22(15-33)34-23)12-19-8-10-21(11-9-19)20-6-4-3-5-7-20/h3-11,16-18,22-23,33H,12-15H2,1-2H3,(H,27,28,30)/t22-,23+/m0/s1. The highest BCUT2D eigenvalue weighted by molar-refractivity contribution is 5.82. The van der Waals surface area contributed by atoms with Gasteiger partial charge in [0.2, 0.25) is 0 Å². The van der Waals surface area contributed by atoms with E-state index < -0.39 is 0 Å². The van der Waals surface area contributed by atoms with Crippen LogP contribution in [0.3, 0.4) is 0 Å². The quantitative estimate of drug-likeness (QED) is 0.436. The van der Waals surface area contributed by atoms with Gasteiger partial charge in [0.15, 0.2) is 17.0 Å². The van der Waals surface area contributed by atoms with E-state index in [1.54, 1.807) is 12.7 Å². The summed E-state index contributed by atoms with van der Waals surface area (Å²) >= 11 is 0. The fourth-order valence-electron chi connectivity index (χ4n) is 4.41. The lowest BCUT2D eigenvalue weighted by molar-refractivity contribution is -0.135. The van der Waals surface area contributed by atoms with Crippen molar-refractivity contribution in [1.29, 1.82) is 0 Å². The van der Waals surface area contributed by atoms with Gasteiger partial charge < -0.3 is 15.2 Å². The first-order valence-corrected chi connectivity index (χ1v) is 11.7. The molecule has 2 N–H and O–H groups in total. The van der Waals surface area contributed by atoms with Crippen LogP contribution in [0.1, 0.15) is 25.6 Å². The van der Waals surface area contributed by atoms with Crippen LogP contribution in [-0.2, 0) is 11.3 Å². The maximum absolute atomic E-state index is 9.90. The molecule has 1 saturated heterocycles. The van der Waals surface area contributed by atoms with Crippen LogP contribution >= 0.6 is 0 Å². The molecule has 0 saturated carbocycles. The minimum atomic E-state index is -0.304. The number of aromatic nitrogens is 4. The lowest BCUT2D eigenvalue weighted by Gasteiger charge is -2.38. The summed E-state index contributed by atoms with van der Waals surface area (Å²) in [5, 5.41) is 13.2. The average molecular weight is 459 g/mol. The van der Waals surface area contributed by atoms with E-state index in [2.05, 4.69) is 87.5 Å². The number of morpholine rings is 1. The molecule has 2 aromatic carbocycles. The van der Waals surface area contributed by atoms with E-state index in [4.69, 9.17) is 4.74 Å². The van der Waals surface area contributed by atoms with Crippen LogP contribution in [0.4, 0.5) is 5.82 Å². The van der Waals surface area contributed by atoms with Crippen molar-refractivity contribution in [1.82, 2.24) is 24.4 Å². The van der Waals surface area contributed by atoms with E-state index in [0.717, 1.165) is 6.54 Å². The predicted molar refractivity (Wildman–Crippen MR) is 132 cm³/mol. The first kappa shape index (κ1) is 22.5. The van der Waals surface area contributed by atoms with Crippen molar-refractivity contribution in [3.8, 4) is 11.1 Å². The second-order valence-corrected chi connectivity index (χ2v) is 9.00. The van der Waals surface area contributed by atoms with Crippen LogP contribution in [0.25, 0.3) is 22.3 Å². The second-order valence-electron chi connectivity index (χ2n) is 9.00. The van der Waals surface area contributed by atoms with Gasteiger partial charge in [-0.25, -0.2) is 15.0 Å². The number of ether oxygens (including phenoxy) is 1. The zero-order valence-corrected chi connectivity index (χ0v) is 19.5. The molecule has 176 valence electrons. The molecule has 0 radical (unpaired) electrons. The SMILES string of the molecule is CC(C)Nc1ncnc2c1ncn2[C@H]1CN(Cc2ccc(-c3ccccc3)cc2)C[C@@H](CO)O1. The monoisotopic (exact) mass is 458 g/mol. The number of benzene rings is 2. The lowest BCUT2D eigenvalue weighted by atomic mass is 10.0. The molecule has 0 aliphatic carbocycles. The fourth-order valence-corrected chi connectivity index (χ4v) is 4.41. The molecular formula is C26H30N6O2. The van der Waals surface area contributed by atoms with Crippen molar-refractivity contribution in [2.45, 2.75) is 38.8 Å². The minimum absolute atomic E-state index is 0.0400. The topological polar surface area (TPSA) is 88.3 Å². The number of aliphatic hydroxyl groups excluding tert-OH is 1. The summed E-state index contributed by atoms with van der Waals surface area (Å²) in [5.41, 5.74) is 5.06. The Balaban J connectivity index is 1.35. The highest BCUT2D eigenvalue weighted by atomic mass is 16.5. The molecule has 3 heterocycles. The van der Waals surface area contributed by atoms with Crippen LogP contribution in [0.2, 0.25) is 0 Å².